The van der Waals surface area contributed by atoms with E-state index in [1.54, 1.807) is 18.2 Å². The largest absolute Gasteiger partial charge is 0.507 e. The summed E-state index contributed by atoms with van der Waals surface area (Å²) in [6.07, 6.45) is 2.34. The molecule has 0 atom stereocenters. The molecule has 0 aromatic heterocycles. The van der Waals surface area contributed by atoms with E-state index in [4.69, 9.17) is 9.84 Å². The molecule has 0 amide bonds. The quantitative estimate of drug-likeness (QED) is 0.785. The van der Waals surface area contributed by atoms with Gasteiger partial charge in [0.2, 0.25) is 0 Å². The highest BCUT2D eigenvalue weighted by Gasteiger charge is 2.25. The molecule has 0 radical (unpaired) electrons. The van der Waals surface area contributed by atoms with Crippen LogP contribution in [-0.4, -0.2) is 41.3 Å². The third-order valence-electron chi connectivity index (χ3n) is 3.26. The van der Waals surface area contributed by atoms with Gasteiger partial charge in [-0.2, -0.15) is 0 Å². The molecule has 0 saturated heterocycles. The molecule has 0 spiro atoms. The van der Waals surface area contributed by atoms with E-state index in [9.17, 15) is 9.90 Å². The zero-order valence-electron chi connectivity index (χ0n) is 11.0. The fourth-order valence-corrected chi connectivity index (χ4v) is 2.09. The van der Waals surface area contributed by atoms with Gasteiger partial charge in [0.15, 0.2) is 0 Å². The van der Waals surface area contributed by atoms with Crippen LogP contribution in [0.4, 0.5) is 0 Å². The fourth-order valence-electron chi connectivity index (χ4n) is 2.09. The van der Waals surface area contributed by atoms with Gasteiger partial charge in [-0.15, -0.1) is 0 Å². The van der Waals surface area contributed by atoms with E-state index in [2.05, 4.69) is 0 Å². The highest BCUT2D eigenvalue weighted by Crippen LogP contribution is 2.31. The molecule has 1 saturated carbocycles. The first-order valence-electron chi connectivity index (χ1n) is 6.38. The molecular formula is C14H19NO4. The first-order valence-corrected chi connectivity index (χ1v) is 6.38. The lowest BCUT2D eigenvalue weighted by Crippen LogP contribution is -2.31. The molecule has 1 aromatic rings. The average Bonchev–Trinajstić information content (AvgIpc) is 3.14. The molecule has 1 aromatic carbocycles. The van der Waals surface area contributed by atoms with Gasteiger partial charge < -0.3 is 14.9 Å². The van der Waals surface area contributed by atoms with Crippen LogP contribution in [0, 0.1) is 5.92 Å². The Morgan fingerprint density at radius 1 is 1.47 bits per heavy atom. The van der Waals surface area contributed by atoms with E-state index >= 15 is 0 Å². The topological polar surface area (TPSA) is 70.0 Å². The Balaban J connectivity index is 2.04. The van der Waals surface area contributed by atoms with Crippen molar-refractivity contribution in [1.82, 2.24) is 4.90 Å². The van der Waals surface area contributed by atoms with Crippen LogP contribution in [0.2, 0.25) is 0 Å². The molecule has 1 aliphatic rings. The molecule has 0 heterocycles. The summed E-state index contributed by atoms with van der Waals surface area (Å²) in [6.45, 7) is 1.22. The van der Waals surface area contributed by atoms with E-state index in [1.165, 1.54) is 20.0 Å². The summed E-state index contributed by atoms with van der Waals surface area (Å²) in [5.74, 6) is 0.507. The van der Waals surface area contributed by atoms with Gasteiger partial charge in [-0.25, -0.2) is 0 Å². The predicted octanol–water partition coefficient (Wildman–Crippen LogP) is 1.70. The van der Waals surface area contributed by atoms with Crippen molar-refractivity contribution in [3.8, 4) is 11.5 Å². The molecule has 2 N–H and O–H groups in total. The number of aliphatic carboxylic acids is 1. The number of ether oxygens (including phenoxy) is 1. The Hall–Kier alpha value is -1.75. The lowest BCUT2D eigenvalue weighted by atomic mass is 10.1. The van der Waals surface area contributed by atoms with Crippen LogP contribution in [-0.2, 0) is 11.3 Å². The molecule has 1 aliphatic carbocycles. The molecule has 0 unspecified atom stereocenters. The Morgan fingerprint density at radius 2 is 2.21 bits per heavy atom. The smallest absolute Gasteiger partial charge is 0.317 e. The van der Waals surface area contributed by atoms with E-state index in [1.807, 2.05) is 4.90 Å². The zero-order valence-corrected chi connectivity index (χ0v) is 11.0. The minimum Gasteiger partial charge on any atom is -0.507 e. The molecular weight excluding hydrogens is 246 g/mol. The van der Waals surface area contributed by atoms with Gasteiger partial charge in [0.05, 0.1) is 13.7 Å². The number of phenols is 1. The molecule has 5 heteroatoms. The number of carboxylic acid groups (broad SMARTS) is 1. The maximum absolute atomic E-state index is 10.9. The minimum atomic E-state index is -0.839. The number of aromatic hydroxyl groups is 1. The Kier molecular flexibility index (Phi) is 4.27. The number of hydrogen-bond acceptors (Lipinski definition) is 4. The lowest BCUT2D eigenvalue weighted by molar-refractivity contribution is -0.138. The van der Waals surface area contributed by atoms with E-state index in [0.717, 1.165) is 12.1 Å². The van der Waals surface area contributed by atoms with Crippen molar-refractivity contribution in [2.45, 2.75) is 19.4 Å². The van der Waals surface area contributed by atoms with Crippen molar-refractivity contribution >= 4 is 5.97 Å². The van der Waals surface area contributed by atoms with E-state index in [0.29, 0.717) is 18.2 Å². The number of phenolic OH excluding ortho intramolecular Hbond substituents is 1. The Labute approximate surface area is 112 Å². The summed E-state index contributed by atoms with van der Waals surface area (Å²) in [7, 11) is 1.54. The summed E-state index contributed by atoms with van der Waals surface area (Å²) in [6, 6.07) is 5.09. The van der Waals surface area contributed by atoms with Gasteiger partial charge in [-0.05, 0) is 24.8 Å². The highest BCUT2D eigenvalue weighted by atomic mass is 16.5. The van der Waals surface area contributed by atoms with Crippen molar-refractivity contribution in [2.75, 3.05) is 20.2 Å². The van der Waals surface area contributed by atoms with Crippen LogP contribution in [0.25, 0.3) is 0 Å². The van der Waals surface area contributed by atoms with Crippen molar-refractivity contribution < 1.29 is 19.7 Å². The minimum absolute atomic E-state index is 0.00195. The second-order valence-corrected chi connectivity index (χ2v) is 5.00. The number of carbonyl (C=O) groups is 1. The number of rotatable bonds is 7. The van der Waals surface area contributed by atoms with Crippen molar-refractivity contribution in [1.29, 1.82) is 0 Å². The molecule has 0 bridgehead atoms. The average molecular weight is 265 g/mol. The first-order chi connectivity index (χ1) is 9.08. The van der Waals surface area contributed by atoms with E-state index < -0.39 is 5.97 Å². The summed E-state index contributed by atoms with van der Waals surface area (Å²) in [4.78, 5) is 12.7. The third-order valence-corrected chi connectivity index (χ3v) is 3.26. The van der Waals surface area contributed by atoms with Crippen molar-refractivity contribution in [3.63, 3.8) is 0 Å². The maximum Gasteiger partial charge on any atom is 0.317 e. The summed E-state index contributed by atoms with van der Waals surface area (Å²) < 4.78 is 5.03. The maximum atomic E-state index is 10.9. The van der Waals surface area contributed by atoms with Crippen LogP contribution in [0.3, 0.4) is 0 Å². The van der Waals surface area contributed by atoms with Gasteiger partial charge in [0, 0.05) is 24.7 Å². The normalized spacial score (nSPS) is 14.6. The van der Waals surface area contributed by atoms with Crippen molar-refractivity contribution in [2.24, 2.45) is 5.92 Å². The molecule has 1 fully saturated rings. The van der Waals surface area contributed by atoms with Crippen LogP contribution in [0.1, 0.15) is 18.4 Å². The number of hydrogen-bond donors (Lipinski definition) is 2. The number of benzene rings is 1. The second kappa shape index (κ2) is 5.93. The molecule has 19 heavy (non-hydrogen) atoms. The predicted molar refractivity (Wildman–Crippen MR) is 70.3 cm³/mol. The third kappa shape index (κ3) is 4.13. The Bertz CT molecular complexity index is 457. The molecule has 104 valence electrons. The number of carboxylic acids is 1. The molecule has 2 rings (SSSR count). The number of nitrogens with zero attached hydrogens (tertiary/aromatic N) is 1. The first kappa shape index (κ1) is 13.7. The van der Waals surface area contributed by atoms with Crippen LogP contribution in [0.5, 0.6) is 11.5 Å². The van der Waals surface area contributed by atoms with Crippen LogP contribution < -0.4 is 4.74 Å². The van der Waals surface area contributed by atoms with Gasteiger partial charge >= 0.3 is 5.97 Å². The van der Waals surface area contributed by atoms with Crippen LogP contribution in [0.15, 0.2) is 18.2 Å². The summed E-state index contributed by atoms with van der Waals surface area (Å²) >= 11 is 0. The fraction of sp³-hybridized carbons (Fsp3) is 0.500. The van der Waals surface area contributed by atoms with Gasteiger partial charge in [0.1, 0.15) is 11.5 Å². The van der Waals surface area contributed by atoms with Gasteiger partial charge in [-0.3, -0.25) is 9.69 Å². The zero-order chi connectivity index (χ0) is 13.8. The SMILES string of the molecule is COc1ccc(CN(CC(=O)O)CC2CC2)c(O)c1. The number of methoxy groups -OCH3 is 1. The highest BCUT2D eigenvalue weighted by molar-refractivity contribution is 5.69. The van der Waals surface area contributed by atoms with Crippen molar-refractivity contribution in [3.05, 3.63) is 23.8 Å². The van der Waals surface area contributed by atoms with Crippen LogP contribution >= 0.6 is 0 Å². The lowest BCUT2D eigenvalue weighted by Gasteiger charge is -2.20. The van der Waals surface area contributed by atoms with E-state index in [-0.39, 0.29) is 12.3 Å². The molecule has 0 aliphatic heterocycles. The monoisotopic (exact) mass is 265 g/mol. The second-order valence-electron chi connectivity index (χ2n) is 5.00. The van der Waals surface area contributed by atoms with Gasteiger partial charge in [-0.1, -0.05) is 6.07 Å². The Morgan fingerprint density at radius 3 is 2.74 bits per heavy atom. The summed E-state index contributed by atoms with van der Waals surface area (Å²) in [5.41, 5.74) is 0.725. The standard InChI is InChI=1S/C14H19NO4/c1-19-12-5-4-11(13(16)6-12)8-15(9-14(17)18)7-10-2-3-10/h4-6,10,16H,2-3,7-9H2,1H3,(H,17,18). The van der Waals surface area contributed by atoms with Gasteiger partial charge in [0.25, 0.3) is 0 Å². The summed E-state index contributed by atoms with van der Waals surface area (Å²) in [5, 5.41) is 18.8. The molecule has 5 nitrogen and oxygen atoms in total.